The van der Waals surface area contributed by atoms with Gasteiger partial charge in [-0.05, 0) is 109 Å². The van der Waals surface area contributed by atoms with Gasteiger partial charge in [-0.25, -0.2) is 0 Å². The molecule has 0 saturated carbocycles. The van der Waals surface area contributed by atoms with E-state index in [0.29, 0.717) is 19.4 Å². The topological polar surface area (TPSA) is 61.8 Å². The van der Waals surface area contributed by atoms with Crippen LogP contribution in [-0.4, -0.2) is 37.9 Å². The molecular weight excluding hydrogens is 813 g/mol. The van der Waals surface area contributed by atoms with E-state index in [-0.39, 0.29) is 25.2 Å². The zero-order chi connectivity index (χ0) is 47.7. The summed E-state index contributed by atoms with van der Waals surface area (Å²) >= 11 is 0. The number of unbranched alkanes of at least 4 members (excludes halogenated alkanes) is 26. The Hall–Kier alpha value is -2.92. The quantitative estimate of drug-likeness (QED) is 0.0346. The van der Waals surface area contributed by atoms with Crippen molar-refractivity contribution >= 4 is 11.9 Å². The Morgan fingerprint density at radius 2 is 0.682 bits per heavy atom. The summed E-state index contributed by atoms with van der Waals surface area (Å²) in [7, 11) is 0. The lowest BCUT2D eigenvalue weighted by Crippen LogP contribution is -2.30. The summed E-state index contributed by atoms with van der Waals surface area (Å²) in [6.07, 6.45) is 74.5. The van der Waals surface area contributed by atoms with Crippen molar-refractivity contribution in [2.45, 2.75) is 271 Å². The smallest absolute Gasteiger partial charge is 0.306 e. The lowest BCUT2D eigenvalue weighted by atomic mass is 10.1. The molecule has 0 bridgehead atoms. The van der Waals surface area contributed by atoms with E-state index in [1.807, 2.05) is 0 Å². The van der Waals surface area contributed by atoms with E-state index in [9.17, 15) is 9.59 Å². The second kappa shape index (κ2) is 56.4. The number of carbonyl (C=O) groups excluding carboxylic acids is 2. The fourth-order valence-electron chi connectivity index (χ4n) is 7.77. The lowest BCUT2D eigenvalue weighted by Gasteiger charge is -2.18. The number of allylic oxidation sites excluding steroid dienone is 14. The van der Waals surface area contributed by atoms with Gasteiger partial charge < -0.3 is 14.2 Å². The van der Waals surface area contributed by atoms with Crippen LogP contribution in [0.3, 0.4) is 0 Å². The molecule has 0 rings (SSSR count). The largest absolute Gasteiger partial charge is 0.462 e. The number of rotatable bonds is 51. The van der Waals surface area contributed by atoms with Crippen LogP contribution in [0, 0.1) is 0 Å². The molecule has 0 aliphatic rings. The second-order valence-corrected chi connectivity index (χ2v) is 18.4. The van der Waals surface area contributed by atoms with Crippen molar-refractivity contribution in [3.05, 3.63) is 85.1 Å². The minimum absolute atomic E-state index is 0.0703. The maximum absolute atomic E-state index is 12.9. The minimum atomic E-state index is -0.554. The van der Waals surface area contributed by atoms with Gasteiger partial charge in [-0.15, -0.1) is 0 Å². The Bertz CT molecular complexity index is 1220. The van der Waals surface area contributed by atoms with Gasteiger partial charge in [-0.2, -0.15) is 0 Å². The van der Waals surface area contributed by atoms with Gasteiger partial charge >= 0.3 is 11.9 Å². The molecule has 5 nitrogen and oxygen atoms in total. The maximum atomic E-state index is 12.9. The van der Waals surface area contributed by atoms with E-state index in [1.54, 1.807) is 0 Å². The summed E-state index contributed by atoms with van der Waals surface area (Å²) in [6.45, 7) is 7.58. The molecular formula is C61H106O5. The highest BCUT2D eigenvalue weighted by molar-refractivity contribution is 5.70. The summed E-state index contributed by atoms with van der Waals surface area (Å²) < 4.78 is 17.5. The molecule has 1 unspecified atom stereocenters. The van der Waals surface area contributed by atoms with Crippen LogP contribution in [-0.2, 0) is 23.8 Å². The maximum Gasteiger partial charge on any atom is 0.306 e. The van der Waals surface area contributed by atoms with Crippen LogP contribution in [0.4, 0.5) is 0 Å². The molecule has 66 heavy (non-hydrogen) atoms. The van der Waals surface area contributed by atoms with E-state index in [0.717, 1.165) is 103 Å². The molecule has 0 aromatic carbocycles. The van der Waals surface area contributed by atoms with Gasteiger partial charge in [0.25, 0.3) is 0 Å². The van der Waals surface area contributed by atoms with Crippen LogP contribution in [0.15, 0.2) is 85.1 Å². The highest BCUT2D eigenvalue weighted by Crippen LogP contribution is 2.14. The normalized spacial score (nSPS) is 12.8. The Balaban J connectivity index is 4.32. The van der Waals surface area contributed by atoms with E-state index >= 15 is 0 Å². The molecule has 0 N–H and O–H groups in total. The van der Waals surface area contributed by atoms with Gasteiger partial charge in [0.1, 0.15) is 6.61 Å². The van der Waals surface area contributed by atoms with Crippen molar-refractivity contribution in [1.82, 2.24) is 0 Å². The Labute approximate surface area is 409 Å². The number of carbonyl (C=O) groups is 2. The Morgan fingerprint density at radius 1 is 0.348 bits per heavy atom. The van der Waals surface area contributed by atoms with Gasteiger partial charge in [0, 0.05) is 19.4 Å². The summed E-state index contributed by atoms with van der Waals surface area (Å²) in [5, 5.41) is 0. The van der Waals surface area contributed by atoms with Crippen molar-refractivity contribution in [2.75, 3.05) is 19.8 Å². The zero-order valence-electron chi connectivity index (χ0n) is 43.7. The third-order valence-corrected chi connectivity index (χ3v) is 11.9. The standard InChI is InChI=1S/C61H106O5/c1-4-7-10-13-16-19-22-25-28-31-33-36-39-42-45-48-51-54-60(62)65-58-59(57-64-56-53-50-47-44-41-38-35-30-27-24-21-18-15-12-9-6-3)66-61(63)55-52-49-46-43-40-37-34-32-29-26-23-20-17-14-11-8-5-2/h7,9-10,12,16,18-19,21,25-30,59H,4-6,8,11,13-15,17,20,22-24,31-58H2,1-3H3/b10-7-,12-9-,19-16-,21-18-,28-25-,29-26-,30-27-. The van der Waals surface area contributed by atoms with Gasteiger partial charge in [0.15, 0.2) is 6.10 Å². The molecule has 380 valence electrons. The van der Waals surface area contributed by atoms with Crippen molar-refractivity contribution in [2.24, 2.45) is 0 Å². The van der Waals surface area contributed by atoms with Crippen LogP contribution in [0.1, 0.15) is 265 Å². The first kappa shape index (κ1) is 63.1. The van der Waals surface area contributed by atoms with E-state index in [2.05, 4.69) is 106 Å². The molecule has 0 saturated heterocycles. The third kappa shape index (κ3) is 53.7. The van der Waals surface area contributed by atoms with Gasteiger partial charge in [0.05, 0.1) is 6.61 Å². The van der Waals surface area contributed by atoms with Crippen molar-refractivity contribution < 1.29 is 23.8 Å². The Morgan fingerprint density at radius 3 is 1.11 bits per heavy atom. The fourth-order valence-corrected chi connectivity index (χ4v) is 7.77. The van der Waals surface area contributed by atoms with E-state index in [1.165, 1.54) is 128 Å². The number of hydrogen-bond acceptors (Lipinski definition) is 5. The highest BCUT2D eigenvalue weighted by Gasteiger charge is 2.17. The van der Waals surface area contributed by atoms with Gasteiger partial charge in [0.2, 0.25) is 0 Å². The number of ether oxygens (including phenoxy) is 3. The van der Waals surface area contributed by atoms with Crippen LogP contribution >= 0.6 is 0 Å². The average Bonchev–Trinajstić information content (AvgIpc) is 3.32. The molecule has 0 aromatic heterocycles. The molecule has 1 atom stereocenters. The first-order valence-corrected chi connectivity index (χ1v) is 28.1. The lowest BCUT2D eigenvalue weighted by molar-refractivity contribution is -0.163. The van der Waals surface area contributed by atoms with E-state index in [4.69, 9.17) is 14.2 Å². The van der Waals surface area contributed by atoms with Crippen LogP contribution in [0.25, 0.3) is 0 Å². The number of esters is 2. The molecule has 0 aromatic rings. The van der Waals surface area contributed by atoms with Gasteiger partial charge in [-0.1, -0.05) is 228 Å². The summed E-state index contributed by atoms with van der Waals surface area (Å²) in [6, 6.07) is 0. The van der Waals surface area contributed by atoms with Crippen LogP contribution < -0.4 is 0 Å². The van der Waals surface area contributed by atoms with E-state index < -0.39 is 6.10 Å². The monoisotopic (exact) mass is 919 g/mol. The van der Waals surface area contributed by atoms with Crippen LogP contribution in [0.2, 0.25) is 0 Å². The van der Waals surface area contributed by atoms with Crippen LogP contribution in [0.5, 0.6) is 0 Å². The summed E-state index contributed by atoms with van der Waals surface area (Å²) in [5.74, 6) is -0.417. The zero-order valence-corrected chi connectivity index (χ0v) is 43.7. The molecule has 0 heterocycles. The fraction of sp³-hybridized carbons (Fsp3) is 0.738. The molecule has 0 fully saturated rings. The molecule has 0 amide bonds. The minimum Gasteiger partial charge on any atom is -0.462 e. The summed E-state index contributed by atoms with van der Waals surface area (Å²) in [4.78, 5) is 25.5. The van der Waals surface area contributed by atoms with Crippen molar-refractivity contribution in [3.8, 4) is 0 Å². The van der Waals surface area contributed by atoms with Gasteiger partial charge in [-0.3, -0.25) is 9.59 Å². The SMILES string of the molecule is CC/C=C\C/C=C\C/C=C\CCCCCCCCCC(=O)OCC(COCCCCCCCC/C=C\C/C=C\C/C=C\CC)OC(=O)CCCCCCCCC/C=C\CCCCCCCC. The predicted octanol–water partition coefficient (Wildman–Crippen LogP) is 19.2. The highest BCUT2D eigenvalue weighted by atomic mass is 16.6. The molecule has 0 aliphatic carbocycles. The average molecular weight is 920 g/mol. The summed E-state index contributed by atoms with van der Waals surface area (Å²) in [5.41, 5.74) is 0. The predicted molar refractivity (Wildman–Crippen MR) is 288 cm³/mol. The Kier molecular flexibility index (Phi) is 53.9. The molecule has 5 heteroatoms. The molecule has 0 aliphatic heterocycles. The molecule has 0 spiro atoms. The molecule has 0 radical (unpaired) electrons. The van der Waals surface area contributed by atoms with Crippen molar-refractivity contribution in [1.29, 1.82) is 0 Å². The number of hydrogen-bond donors (Lipinski definition) is 0. The first-order valence-electron chi connectivity index (χ1n) is 28.1. The second-order valence-electron chi connectivity index (χ2n) is 18.4. The first-order chi connectivity index (χ1) is 32.6. The third-order valence-electron chi connectivity index (χ3n) is 11.9. The van der Waals surface area contributed by atoms with Crippen molar-refractivity contribution in [3.63, 3.8) is 0 Å².